The van der Waals surface area contributed by atoms with E-state index in [1.54, 1.807) is 17.5 Å². The molecule has 0 unspecified atom stereocenters. The largest absolute Gasteiger partial charge is 0.342 e. The summed E-state index contributed by atoms with van der Waals surface area (Å²) in [5, 5.41) is 6.44. The average molecular weight is 296 g/mol. The number of anilines is 1. The Kier molecular flexibility index (Phi) is 4.41. The highest BCUT2D eigenvalue weighted by Crippen LogP contribution is 2.12. The molecule has 2 N–H and O–H groups in total. The molecule has 104 valence electrons. The molecule has 1 heterocycles. The molecule has 0 saturated heterocycles. The number of carbonyl (C=O) groups excluding carboxylic acids is 2. The first-order chi connectivity index (χ1) is 9.54. The van der Waals surface area contributed by atoms with E-state index in [2.05, 4.69) is 10.6 Å². The highest BCUT2D eigenvalue weighted by molar-refractivity contribution is 7.12. The number of carbonyl (C=O) groups is 2. The summed E-state index contributed by atoms with van der Waals surface area (Å²) in [6, 6.07) is 6.02. The highest BCUT2D eigenvalue weighted by Gasteiger charge is 2.09. The zero-order chi connectivity index (χ0) is 14.5. The third kappa shape index (κ3) is 3.86. The molecule has 20 heavy (non-hydrogen) atoms. The minimum absolute atomic E-state index is 0.00197. The molecule has 0 aliphatic heterocycles. The Morgan fingerprint density at radius 3 is 2.45 bits per heavy atom. The van der Waals surface area contributed by atoms with Crippen molar-refractivity contribution in [2.24, 2.45) is 0 Å². The third-order valence-electron chi connectivity index (χ3n) is 2.30. The van der Waals surface area contributed by atoms with Crippen molar-refractivity contribution in [3.63, 3.8) is 0 Å². The fraction of sp³-hybridized carbons (Fsp3) is 0.0769. The fourth-order valence-corrected chi connectivity index (χ4v) is 2.13. The van der Waals surface area contributed by atoms with Gasteiger partial charge >= 0.3 is 0 Å². The first-order valence-corrected chi connectivity index (χ1v) is 6.50. The minimum atomic E-state index is -0.789. The Labute approximate surface area is 117 Å². The summed E-state index contributed by atoms with van der Waals surface area (Å²) < 4.78 is 25.8. The molecule has 0 radical (unpaired) electrons. The predicted molar refractivity (Wildman–Crippen MR) is 71.6 cm³/mol. The van der Waals surface area contributed by atoms with Gasteiger partial charge in [0.25, 0.3) is 5.91 Å². The number of amides is 2. The monoisotopic (exact) mass is 296 g/mol. The summed E-state index contributed by atoms with van der Waals surface area (Å²) in [5.41, 5.74) is -0.00197. The van der Waals surface area contributed by atoms with E-state index in [9.17, 15) is 18.4 Å². The van der Waals surface area contributed by atoms with E-state index in [0.717, 1.165) is 12.1 Å². The third-order valence-corrected chi connectivity index (χ3v) is 3.17. The predicted octanol–water partition coefficient (Wildman–Crippen LogP) is 2.39. The maximum atomic E-state index is 12.9. The summed E-state index contributed by atoms with van der Waals surface area (Å²) in [6.45, 7) is -0.283. The van der Waals surface area contributed by atoms with Gasteiger partial charge in [0.1, 0.15) is 11.6 Å². The molecule has 0 bridgehead atoms. The van der Waals surface area contributed by atoms with E-state index in [0.29, 0.717) is 10.9 Å². The van der Waals surface area contributed by atoms with Gasteiger partial charge in [-0.15, -0.1) is 11.3 Å². The van der Waals surface area contributed by atoms with Crippen LogP contribution in [0.4, 0.5) is 14.5 Å². The van der Waals surface area contributed by atoms with Gasteiger partial charge < -0.3 is 10.6 Å². The van der Waals surface area contributed by atoms with Crippen LogP contribution >= 0.6 is 11.3 Å². The van der Waals surface area contributed by atoms with Crippen molar-refractivity contribution in [2.45, 2.75) is 0 Å². The molecule has 0 atom stereocenters. The van der Waals surface area contributed by atoms with Gasteiger partial charge in [-0.3, -0.25) is 9.59 Å². The van der Waals surface area contributed by atoms with Crippen molar-refractivity contribution in [2.75, 3.05) is 11.9 Å². The Morgan fingerprint density at radius 1 is 1.15 bits per heavy atom. The molecule has 0 aliphatic rings. The molecule has 4 nitrogen and oxygen atoms in total. The Morgan fingerprint density at radius 2 is 1.85 bits per heavy atom. The SMILES string of the molecule is O=C(CNC(=O)c1cccs1)Nc1cc(F)cc(F)c1. The van der Waals surface area contributed by atoms with Crippen molar-refractivity contribution in [3.8, 4) is 0 Å². The van der Waals surface area contributed by atoms with Crippen LogP contribution in [0.25, 0.3) is 0 Å². The highest BCUT2D eigenvalue weighted by atomic mass is 32.1. The molecule has 0 aliphatic carbocycles. The van der Waals surface area contributed by atoms with Crippen LogP contribution in [0.5, 0.6) is 0 Å². The number of halogens is 2. The maximum Gasteiger partial charge on any atom is 0.261 e. The zero-order valence-corrected chi connectivity index (χ0v) is 11.0. The van der Waals surface area contributed by atoms with Crippen molar-refractivity contribution in [1.29, 1.82) is 0 Å². The molecule has 0 saturated carbocycles. The van der Waals surface area contributed by atoms with Gasteiger partial charge in [0.15, 0.2) is 0 Å². The van der Waals surface area contributed by atoms with Crippen molar-refractivity contribution < 1.29 is 18.4 Å². The summed E-state index contributed by atoms with van der Waals surface area (Å²) in [4.78, 5) is 23.6. The quantitative estimate of drug-likeness (QED) is 0.910. The second-order valence-corrected chi connectivity index (χ2v) is 4.81. The number of hydrogen-bond donors (Lipinski definition) is 2. The fourth-order valence-electron chi connectivity index (χ4n) is 1.49. The lowest BCUT2D eigenvalue weighted by atomic mass is 10.3. The number of benzene rings is 1. The van der Waals surface area contributed by atoms with Crippen LogP contribution in [0.1, 0.15) is 9.67 Å². The van der Waals surface area contributed by atoms with Gasteiger partial charge in [-0.05, 0) is 23.6 Å². The summed E-state index contributed by atoms with van der Waals surface area (Å²) in [7, 11) is 0. The number of thiophene rings is 1. The van der Waals surface area contributed by atoms with Gasteiger partial charge in [0.05, 0.1) is 11.4 Å². The van der Waals surface area contributed by atoms with Crippen LogP contribution in [-0.2, 0) is 4.79 Å². The Hall–Kier alpha value is -2.28. The van der Waals surface area contributed by atoms with Crippen LogP contribution in [-0.4, -0.2) is 18.4 Å². The molecular formula is C13H10F2N2O2S. The Balaban J connectivity index is 1.88. The summed E-state index contributed by atoms with van der Waals surface area (Å²) >= 11 is 1.25. The normalized spacial score (nSPS) is 10.1. The van der Waals surface area contributed by atoms with Crippen LogP contribution < -0.4 is 10.6 Å². The first-order valence-electron chi connectivity index (χ1n) is 5.62. The maximum absolute atomic E-state index is 12.9. The van der Waals surface area contributed by atoms with E-state index in [4.69, 9.17) is 0 Å². The molecule has 1 aromatic heterocycles. The summed E-state index contributed by atoms with van der Waals surface area (Å²) in [6.07, 6.45) is 0. The van der Waals surface area contributed by atoms with E-state index in [1.807, 2.05) is 0 Å². The topological polar surface area (TPSA) is 58.2 Å². The van der Waals surface area contributed by atoms with Crippen molar-refractivity contribution in [1.82, 2.24) is 5.32 Å². The van der Waals surface area contributed by atoms with Gasteiger partial charge in [-0.1, -0.05) is 6.07 Å². The minimum Gasteiger partial charge on any atom is -0.342 e. The van der Waals surface area contributed by atoms with Gasteiger partial charge in [0.2, 0.25) is 5.91 Å². The van der Waals surface area contributed by atoms with Crippen molar-refractivity contribution >= 4 is 28.8 Å². The molecule has 0 fully saturated rings. The van der Waals surface area contributed by atoms with Gasteiger partial charge in [0, 0.05) is 11.8 Å². The van der Waals surface area contributed by atoms with Crippen LogP contribution in [0, 0.1) is 11.6 Å². The smallest absolute Gasteiger partial charge is 0.261 e. The lowest BCUT2D eigenvalue weighted by Crippen LogP contribution is -2.32. The lowest BCUT2D eigenvalue weighted by molar-refractivity contribution is -0.115. The van der Waals surface area contributed by atoms with E-state index < -0.39 is 17.5 Å². The standard InChI is InChI=1S/C13H10F2N2O2S/c14-8-4-9(15)6-10(5-8)17-12(18)7-16-13(19)11-2-1-3-20-11/h1-6H,7H2,(H,16,19)(H,17,18). The zero-order valence-electron chi connectivity index (χ0n) is 10.2. The second-order valence-electron chi connectivity index (χ2n) is 3.87. The van der Waals surface area contributed by atoms with E-state index in [1.165, 1.54) is 11.3 Å². The molecule has 7 heteroatoms. The lowest BCUT2D eigenvalue weighted by Gasteiger charge is -2.06. The van der Waals surface area contributed by atoms with E-state index in [-0.39, 0.29) is 18.1 Å². The number of hydrogen-bond acceptors (Lipinski definition) is 3. The Bertz CT molecular complexity index is 609. The van der Waals surface area contributed by atoms with Crippen LogP contribution in [0.15, 0.2) is 35.7 Å². The average Bonchev–Trinajstić information content (AvgIpc) is 2.88. The molecule has 1 aromatic carbocycles. The molecular weight excluding hydrogens is 286 g/mol. The first kappa shape index (κ1) is 14.1. The second kappa shape index (κ2) is 6.25. The molecule has 2 rings (SSSR count). The van der Waals surface area contributed by atoms with Gasteiger partial charge in [-0.25, -0.2) is 8.78 Å². The number of nitrogens with one attached hydrogen (secondary N) is 2. The molecule has 2 aromatic rings. The van der Waals surface area contributed by atoms with Crippen LogP contribution in [0.3, 0.4) is 0 Å². The summed E-state index contributed by atoms with van der Waals surface area (Å²) in [5.74, 6) is -2.52. The molecule has 2 amide bonds. The number of rotatable bonds is 4. The van der Waals surface area contributed by atoms with E-state index >= 15 is 0 Å². The van der Waals surface area contributed by atoms with Crippen LogP contribution in [0.2, 0.25) is 0 Å². The van der Waals surface area contributed by atoms with Crippen molar-refractivity contribution in [3.05, 3.63) is 52.2 Å². The van der Waals surface area contributed by atoms with Gasteiger partial charge in [-0.2, -0.15) is 0 Å². The molecule has 0 spiro atoms.